The summed E-state index contributed by atoms with van der Waals surface area (Å²) < 4.78 is 12.0. The summed E-state index contributed by atoms with van der Waals surface area (Å²) in [6, 6.07) is 0.543. The number of rotatable bonds is 6. The van der Waals surface area contributed by atoms with Crippen molar-refractivity contribution < 1.29 is 9.47 Å². The summed E-state index contributed by atoms with van der Waals surface area (Å²) in [6.45, 7) is 8.25. The minimum absolute atomic E-state index is 0.0963. The zero-order chi connectivity index (χ0) is 14.3. The second-order valence-electron chi connectivity index (χ2n) is 7.00. The van der Waals surface area contributed by atoms with Crippen LogP contribution in [0.25, 0.3) is 0 Å². The van der Waals surface area contributed by atoms with E-state index in [4.69, 9.17) is 9.47 Å². The van der Waals surface area contributed by atoms with Gasteiger partial charge in [0.25, 0.3) is 0 Å². The molecule has 0 aromatic rings. The van der Waals surface area contributed by atoms with Gasteiger partial charge in [-0.3, -0.25) is 0 Å². The molecular formula is C17H33NO2. The standard InChI is InChI=1S/C17H33NO2/c1-15(2)18-14-17(9-5-3-4-6-10-17)20-13-16-7-11-19-12-8-16/h15-16,18H,3-14H2,1-2H3. The Kier molecular flexibility index (Phi) is 6.79. The molecule has 2 aliphatic rings. The first-order chi connectivity index (χ1) is 9.70. The Hall–Kier alpha value is -0.120. The van der Waals surface area contributed by atoms with Gasteiger partial charge in [-0.2, -0.15) is 0 Å². The van der Waals surface area contributed by atoms with Crippen molar-refractivity contribution in [1.29, 1.82) is 0 Å². The third-order valence-electron chi connectivity index (χ3n) is 4.81. The number of hydrogen-bond acceptors (Lipinski definition) is 3. The van der Waals surface area contributed by atoms with Gasteiger partial charge < -0.3 is 14.8 Å². The highest BCUT2D eigenvalue weighted by molar-refractivity contribution is 4.86. The Bertz CT molecular complexity index is 254. The molecular weight excluding hydrogens is 250 g/mol. The third-order valence-corrected chi connectivity index (χ3v) is 4.81. The van der Waals surface area contributed by atoms with Gasteiger partial charge in [-0.1, -0.05) is 39.5 Å². The van der Waals surface area contributed by atoms with Crippen LogP contribution in [-0.2, 0) is 9.47 Å². The average molecular weight is 283 g/mol. The van der Waals surface area contributed by atoms with E-state index >= 15 is 0 Å². The molecule has 1 N–H and O–H groups in total. The van der Waals surface area contributed by atoms with Crippen molar-refractivity contribution in [3.63, 3.8) is 0 Å². The van der Waals surface area contributed by atoms with E-state index in [1.165, 1.54) is 51.4 Å². The second-order valence-corrected chi connectivity index (χ2v) is 7.00. The van der Waals surface area contributed by atoms with Crippen LogP contribution in [0.5, 0.6) is 0 Å². The molecule has 1 heterocycles. The molecule has 1 aliphatic heterocycles. The Morgan fingerprint density at radius 3 is 2.35 bits per heavy atom. The maximum atomic E-state index is 6.52. The topological polar surface area (TPSA) is 30.5 Å². The lowest BCUT2D eigenvalue weighted by Gasteiger charge is -2.36. The molecule has 0 radical (unpaired) electrons. The van der Waals surface area contributed by atoms with Gasteiger partial charge in [-0.25, -0.2) is 0 Å². The first kappa shape index (κ1) is 16.3. The van der Waals surface area contributed by atoms with Gasteiger partial charge in [0.15, 0.2) is 0 Å². The molecule has 1 aliphatic carbocycles. The molecule has 0 atom stereocenters. The first-order valence-electron chi connectivity index (χ1n) is 8.65. The fraction of sp³-hybridized carbons (Fsp3) is 1.00. The molecule has 0 amide bonds. The van der Waals surface area contributed by atoms with E-state index in [1.54, 1.807) is 0 Å². The summed E-state index contributed by atoms with van der Waals surface area (Å²) in [7, 11) is 0. The second kappa shape index (κ2) is 8.35. The third kappa shape index (κ3) is 5.34. The highest BCUT2D eigenvalue weighted by atomic mass is 16.5. The molecule has 3 nitrogen and oxygen atoms in total. The number of ether oxygens (including phenoxy) is 2. The van der Waals surface area contributed by atoms with Crippen LogP contribution in [0, 0.1) is 5.92 Å². The molecule has 0 unspecified atom stereocenters. The normalized spacial score (nSPS) is 24.8. The van der Waals surface area contributed by atoms with Crippen LogP contribution >= 0.6 is 0 Å². The summed E-state index contributed by atoms with van der Waals surface area (Å²) in [4.78, 5) is 0. The summed E-state index contributed by atoms with van der Waals surface area (Å²) in [5.74, 6) is 0.711. The molecule has 3 heteroatoms. The van der Waals surface area contributed by atoms with Gasteiger partial charge in [0.2, 0.25) is 0 Å². The van der Waals surface area contributed by atoms with E-state index in [0.717, 1.165) is 26.4 Å². The zero-order valence-corrected chi connectivity index (χ0v) is 13.5. The average Bonchev–Trinajstić information content (AvgIpc) is 2.71. The molecule has 2 rings (SSSR count). The molecule has 0 aromatic carbocycles. The van der Waals surface area contributed by atoms with E-state index in [0.29, 0.717) is 12.0 Å². The van der Waals surface area contributed by atoms with Crippen LogP contribution in [-0.4, -0.2) is 38.0 Å². The first-order valence-corrected chi connectivity index (χ1v) is 8.65. The smallest absolute Gasteiger partial charge is 0.0806 e. The minimum atomic E-state index is 0.0963. The number of hydrogen-bond donors (Lipinski definition) is 1. The van der Waals surface area contributed by atoms with Crippen molar-refractivity contribution in [1.82, 2.24) is 5.32 Å². The van der Waals surface area contributed by atoms with E-state index in [9.17, 15) is 0 Å². The van der Waals surface area contributed by atoms with Gasteiger partial charge in [-0.15, -0.1) is 0 Å². The highest BCUT2D eigenvalue weighted by Gasteiger charge is 2.32. The zero-order valence-electron chi connectivity index (χ0n) is 13.5. The van der Waals surface area contributed by atoms with Crippen molar-refractivity contribution in [3.8, 4) is 0 Å². The minimum Gasteiger partial charge on any atom is -0.381 e. The monoisotopic (exact) mass is 283 g/mol. The molecule has 118 valence electrons. The lowest BCUT2D eigenvalue weighted by molar-refractivity contribution is -0.0832. The Morgan fingerprint density at radius 2 is 1.75 bits per heavy atom. The van der Waals surface area contributed by atoms with Crippen molar-refractivity contribution in [2.45, 2.75) is 76.9 Å². The molecule has 0 bridgehead atoms. The fourth-order valence-electron chi connectivity index (χ4n) is 3.34. The Morgan fingerprint density at radius 1 is 1.10 bits per heavy atom. The van der Waals surface area contributed by atoms with E-state index in [-0.39, 0.29) is 5.60 Å². The SMILES string of the molecule is CC(C)NCC1(OCC2CCOCC2)CCCCCC1. The molecule has 1 saturated carbocycles. The lowest BCUT2D eigenvalue weighted by atomic mass is 9.92. The lowest BCUT2D eigenvalue weighted by Crippen LogP contribution is -2.46. The Labute approximate surface area is 124 Å². The van der Waals surface area contributed by atoms with Gasteiger partial charge in [-0.05, 0) is 31.6 Å². The van der Waals surface area contributed by atoms with Crippen molar-refractivity contribution in [3.05, 3.63) is 0 Å². The quantitative estimate of drug-likeness (QED) is 0.757. The Balaban J connectivity index is 1.86. The van der Waals surface area contributed by atoms with Crippen LogP contribution < -0.4 is 5.32 Å². The highest BCUT2D eigenvalue weighted by Crippen LogP contribution is 2.31. The van der Waals surface area contributed by atoms with Crippen LogP contribution in [0.15, 0.2) is 0 Å². The van der Waals surface area contributed by atoms with Crippen molar-refractivity contribution >= 4 is 0 Å². The van der Waals surface area contributed by atoms with Gasteiger partial charge in [0, 0.05) is 25.8 Å². The van der Waals surface area contributed by atoms with Crippen LogP contribution in [0.2, 0.25) is 0 Å². The molecule has 0 spiro atoms. The maximum Gasteiger partial charge on any atom is 0.0806 e. The predicted molar refractivity (Wildman–Crippen MR) is 83.1 cm³/mol. The summed E-state index contributed by atoms with van der Waals surface area (Å²) >= 11 is 0. The van der Waals surface area contributed by atoms with E-state index in [1.807, 2.05) is 0 Å². The van der Waals surface area contributed by atoms with Gasteiger partial charge >= 0.3 is 0 Å². The molecule has 2 fully saturated rings. The van der Waals surface area contributed by atoms with Crippen LogP contribution in [0.1, 0.15) is 65.2 Å². The molecule has 0 aromatic heterocycles. The fourth-order valence-corrected chi connectivity index (χ4v) is 3.34. The summed E-state index contributed by atoms with van der Waals surface area (Å²) in [5.41, 5.74) is 0.0963. The van der Waals surface area contributed by atoms with Gasteiger partial charge in [0.1, 0.15) is 0 Å². The van der Waals surface area contributed by atoms with Crippen molar-refractivity contribution in [2.24, 2.45) is 5.92 Å². The van der Waals surface area contributed by atoms with E-state index < -0.39 is 0 Å². The summed E-state index contributed by atoms with van der Waals surface area (Å²) in [5, 5.41) is 3.62. The molecule has 20 heavy (non-hydrogen) atoms. The number of nitrogens with one attached hydrogen (secondary N) is 1. The van der Waals surface area contributed by atoms with Gasteiger partial charge in [0.05, 0.1) is 12.2 Å². The largest absolute Gasteiger partial charge is 0.381 e. The summed E-state index contributed by atoms with van der Waals surface area (Å²) in [6.07, 6.45) is 10.2. The van der Waals surface area contributed by atoms with Crippen LogP contribution in [0.4, 0.5) is 0 Å². The predicted octanol–water partition coefficient (Wildman–Crippen LogP) is 3.52. The molecule has 1 saturated heterocycles. The van der Waals surface area contributed by atoms with E-state index in [2.05, 4.69) is 19.2 Å². The maximum absolute atomic E-state index is 6.52. The van der Waals surface area contributed by atoms with Crippen molar-refractivity contribution in [2.75, 3.05) is 26.4 Å². The van der Waals surface area contributed by atoms with Crippen LogP contribution in [0.3, 0.4) is 0 Å².